The maximum atomic E-state index is 9.79. The van der Waals surface area contributed by atoms with E-state index in [1.807, 2.05) is 48.5 Å². The van der Waals surface area contributed by atoms with Crippen LogP contribution in [0.15, 0.2) is 206 Å². The van der Waals surface area contributed by atoms with Crippen molar-refractivity contribution in [3.63, 3.8) is 0 Å². The van der Waals surface area contributed by atoms with Crippen molar-refractivity contribution < 1.29 is 0 Å². The number of benzene rings is 8. The van der Waals surface area contributed by atoms with Gasteiger partial charge in [-0.25, -0.2) is 4.98 Å². The van der Waals surface area contributed by atoms with Crippen molar-refractivity contribution in [3.8, 4) is 29.1 Å². The summed E-state index contributed by atoms with van der Waals surface area (Å²) in [7, 11) is 0. The molecule has 0 unspecified atom stereocenters. The quantitative estimate of drug-likeness (QED) is 0.174. The summed E-state index contributed by atoms with van der Waals surface area (Å²) in [5.41, 5.74) is 14.7. The molecular formula is C56H34N6. The molecule has 288 valence electrons. The molecule has 6 heteroatoms. The molecule has 0 atom stereocenters. The number of aromatic nitrogens is 2. The number of hydrogen-bond acceptors (Lipinski definition) is 5. The second-order valence-corrected chi connectivity index (χ2v) is 15.8. The van der Waals surface area contributed by atoms with Gasteiger partial charge in [0, 0.05) is 34.3 Å². The molecule has 0 N–H and O–H groups in total. The minimum absolute atomic E-state index is 0.568. The van der Waals surface area contributed by atoms with Crippen LogP contribution in [0.25, 0.3) is 38.8 Å². The molecule has 3 heterocycles. The highest BCUT2D eigenvalue weighted by atomic mass is 15.2. The molecule has 2 aliphatic rings. The van der Waals surface area contributed by atoms with Gasteiger partial charge >= 0.3 is 0 Å². The summed E-state index contributed by atoms with van der Waals surface area (Å²) in [6.45, 7) is 0. The van der Waals surface area contributed by atoms with Crippen molar-refractivity contribution in [2.75, 3.05) is 9.80 Å². The van der Waals surface area contributed by atoms with E-state index in [2.05, 4.69) is 184 Å². The van der Waals surface area contributed by atoms with Crippen LogP contribution in [-0.4, -0.2) is 9.55 Å². The van der Waals surface area contributed by atoms with Crippen LogP contribution >= 0.6 is 0 Å². The van der Waals surface area contributed by atoms with Gasteiger partial charge in [-0.15, -0.1) is 0 Å². The lowest BCUT2D eigenvalue weighted by Crippen LogP contribution is -2.36. The Hall–Kier alpha value is -8.71. The van der Waals surface area contributed by atoms with E-state index in [-0.39, 0.29) is 0 Å². The zero-order valence-electron chi connectivity index (χ0n) is 33.3. The molecule has 0 fully saturated rings. The van der Waals surface area contributed by atoms with E-state index >= 15 is 0 Å². The van der Waals surface area contributed by atoms with Crippen molar-refractivity contribution in [3.05, 3.63) is 240 Å². The molecule has 0 bridgehead atoms. The van der Waals surface area contributed by atoms with Crippen LogP contribution in [0.5, 0.6) is 0 Å². The second-order valence-electron chi connectivity index (χ2n) is 15.8. The Bertz CT molecular complexity index is 3310. The van der Waals surface area contributed by atoms with Gasteiger partial charge in [0.1, 0.15) is 11.6 Å². The molecule has 0 saturated carbocycles. The Kier molecular flexibility index (Phi) is 7.78. The van der Waals surface area contributed by atoms with Crippen LogP contribution in [0.4, 0.5) is 34.3 Å². The monoisotopic (exact) mass is 790 g/mol. The Morgan fingerprint density at radius 1 is 0.419 bits per heavy atom. The molecule has 1 aliphatic carbocycles. The molecule has 6 nitrogen and oxygen atoms in total. The van der Waals surface area contributed by atoms with Crippen LogP contribution < -0.4 is 9.80 Å². The predicted molar refractivity (Wildman–Crippen MR) is 248 cm³/mol. The van der Waals surface area contributed by atoms with Crippen molar-refractivity contribution >= 4 is 56.1 Å². The lowest BCUT2D eigenvalue weighted by Gasteiger charge is -2.44. The topological polar surface area (TPSA) is 71.9 Å². The number of nitriles is 2. The lowest BCUT2D eigenvalue weighted by atomic mass is 9.65. The standard InChI is InChI=1S/C56H34N6/c57-35-37-25-29-39(30-26-37)60(40-31-27-38(36-58)28-32-40)41-33-54(61-50-21-9-3-15-44(50)45-16-4-10-22-51(45)61)59-55(34-41)62-52-23-11-7-19-48(52)56(49-20-8-12-24-53(49)62)46-17-5-1-13-42(46)43-14-2-6-18-47(43)56/h1-34H. The molecule has 1 spiro atoms. The van der Waals surface area contributed by atoms with Gasteiger partial charge < -0.3 is 4.90 Å². The third-order valence-electron chi connectivity index (χ3n) is 12.6. The Balaban J connectivity index is 1.18. The summed E-state index contributed by atoms with van der Waals surface area (Å²) < 4.78 is 2.26. The maximum absolute atomic E-state index is 9.79. The fourth-order valence-corrected chi connectivity index (χ4v) is 10.1. The Labute approximate surface area is 358 Å². The Morgan fingerprint density at radius 3 is 1.34 bits per heavy atom. The molecule has 1 aliphatic heterocycles. The van der Waals surface area contributed by atoms with Gasteiger partial charge in [-0.3, -0.25) is 9.47 Å². The van der Waals surface area contributed by atoms with Gasteiger partial charge in [-0.05, 0) is 106 Å². The molecule has 8 aromatic carbocycles. The third kappa shape index (κ3) is 4.99. The summed E-state index contributed by atoms with van der Waals surface area (Å²) >= 11 is 0. The van der Waals surface area contributed by atoms with E-state index in [9.17, 15) is 10.5 Å². The summed E-state index contributed by atoms with van der Waals surface area (Å²) in [5, 5.41) is 21.9. The highest BCUT2D eigenvalue weighted by Crippen LogP contribution is 2.63. The van der Waals surface area contributed by atoms with Crippen molar-refractivity contribution in [2.45, 2.75) is 5.41 Å². The highest BCUT2D eigenvalue weighted by Gasteiger charge is 2.51. The summed E-state index contributed by atoms with van der Waals surface area (Å²) in [6.07, 6.45) is 0. The molecule has 12 rings (SSSR count). The predicted octanol–water partition coefficient (Wildman–Crippen LogP) is 13.5. The van der Waals surface area contributed by atoms with Crippen LogP contribution in [0.3, 0.4) is 0 Å². The van der Waals surface area contributed by atoms with Crippen LogP contribution in [-0.2, 0) is 5.41 Å². The third-order valence-corrected chi connectivity index (χ3v) is 12.6. The first kappa shape index (κ1) is 35.3. The summed E-state index contributed by atoms with van der Waals surface area (Å²) in [4.78, 5) is 10.2. The fraction of sp³-hybridized carbons (Fsp3) is 0.0179. The van der Waals surface area contributed by atoms with E-state index < -0.39 is 5.41 Å². The molecule has 10 aromatic rings. The number of pyridine rings is 1. The van der Waals surface area contributed by atoms with Crippen LogP contribution in [0, 0.1) is 22.7 Å². The summed E-state index contributed by atoms with van der Waals surface area (Å²) in [6, 6.07) is 76.4. The number of rotatable bonds is 5. The van der Waals surface area contributed by atoms with Gasteiger partial charge in [0.2, 0.25) is 0 Å². The minimum Gasteiger partial charge on any atom is -0.310 e. The van der Waals surface area contributed by atoms with E-state index in [1.165, 1.54) is 33.4 Å². The van der Waals surface area contributed by atoms with Crippen molar-refractivity contribution in [1.29, 1.82) is 10.5 Å². The maximum Gasteiger partial charge on any atom is 0.142 e. The molecule has 62 heavy (non-hydrogen) atoms. The molecule has 0 radical (unpaired) electrons. The molecule has 0 amide bonds. The molecule has 0 saturated heterocycles. The zero-order valence-corrected chi connectivity index (χ0v) is 33.3. The van der Waals surface area contributed by atoms with Gasteiger partial charge in [-0.2, -0.15) is 10.5 Å². The van der Waals surface area contributed by atoms with E-state index in [1.54, 1.807) is 0 Å². The van der Waals surface area contributed by atoms with Gasteiger partial charge in [-0.1, -0.05) is 121 Å². The minimum atomic E-state index is -0.568. The number of para-hydroxylation sites is 4. The average molecular weight is 791 g/mol. The first-order chi connectivity index (χ1) is 30.7. The molecular weight excluding hydrogens is 757 g/mol. The van der Waals surface area contributed by atoms with E-state index in [0.29, 0.717) is 11.1 Å². The number of nitrogens with zero attached hydrogens (tertiary/aromatic N) is 6. The summed E-state index contributed by atoms with van der Waals surface area (Å²) in [5.74, 6) is 1.48. The van der Waals surface area contributed by atoms with Crippen LogP contribution in [0.1, 0.15) is 33.4 Å². The largest absolute Gasteiger partial charge is 0.310 e. The zero-order chi connectivity index (χ0) is 41.4. The van der Waals surface area contributed by atoms with Crippen molar-refractivity contribution in [1.82, 2.24) is 9.55 Å². The number of anilines is 6. The smallest absolute Gasteiger partial charge is 0.142 e. The fourth-order valence-electron chi connectivity index (χ4n) is 10.1. The lowest BCUT2D eigenvalue weighted by molar-refractivity contribution is 0.751. The highest BCUT2D eigenvalue weighted by molar-refractivity contribution is 6.09. The first-order valence-electron chi connectivity index (χ1n) is 20.7. The van der Waals surface area contributed by atoms with E-state index in [0.717, 1.165) is 61.9 Å². The van der Waals surface area contributed by atoms with E-state index in [4.69, 9.17) is 4.98 Å². The average Bonchev–Trinajstić information content (AvgIpc) is 3.83. The second kappa shape index (κ2) is 13.7. The number of hydrogen-bond donors (Lipinski definition) is 0. The van der Waals surface area contributed by atoms with Crippen molar-refractivity contribution in [2.24, 2.45) is 0 Å². The Morgan fingerprint density at radius 2 is 0.839 bits per heavy atom. The normalized spacial score (nSPS) is 12.9. The SMILES string of the molecule is N#Cc1ccc(N(c2ccc(C#N)cc2)c2cc(N3c4ccccc4C4(c5ccccc5-c5ccccc54)c4ccccc43)nc(-n3c4ccccc4c4ccccc43)c2)cc1. The van der Waals surface area contributed by atoms with Gasteiger partial charge in [0.25, 0.3) is 0 Å². The number of fused-ring (bicyclic) bond motifs is 12. The molecule has 2 aromatic heterocycles. The van der Waals surface area contributed by atoms with Crippen LogP contribution in [0.2, 0.25) is 0 Å². The first-order valence-corrected chi connectivity index (χ1v) is 20.7. The van der Waals surface area contributed by atoms with Gasteiger partial charge in [0.15, 0.2) is 0 Å². The van der Waals surface area contributed by atoms with Gasteiger partial charge in [0.05, 0.1) is 56.8 Å².